The van der Waals surface area contributed by atoms with Crippen molar-refractivity contribution >= 4 is 23.7 Å². The van der Waals surface area contributed by atoms with Crippen LogP contribution in [0.4, 0.5) is 10.5 Å². The predicted molar refractivity (Wildman–Crippen MR) is 94.0 cm³/mol. The van der Waals surface area contributed by atoms with Crippen molar-refractivity contribution in [3.05, 3.63) is 54.0 Å². The van der Waals surface area contributed by atoms with E-state index in [0.29, 0.717) is 12.2 Å². The number of hydrogen-bond acceptors (Lipinski definition) is 3. The highest BCUT2D eigenvalue weighted by Crippen LogP contribution is 2.20. The number of likely N-dealkylation sites (N-methyl/N-ethyl adjacent to an activating group) is 1. The Kier molecular flexibility index (Phi) is 4.12. The number of amides is 3. The van der Waals surface area contributed by atoms with Crippen LogP contribution in [0.15, 0.2) is 48.3 Å². The van der Waals surface area contributed by atoms with Gasteiger partial charge in [0.25, 0.3) is 5.91 Å². The molecule has 1 aromatic carbocycles. The van der Waals surface area contributed by atoms with Gasteiger partial charge in [-0.15, -0.1) is 0 Å². The van der Waals surface area contributed by atoms with Crippen molar-refractivity contribution in [2.45, 2.75) is 6.92 Å². The van der Waals surface area contributed by atoms with Crippen molar-refractivity contribution in [2.24, 2.45) is 0 Å². The fourth-order valence-electron chi connectivity index (χ4n) is 2.66. The molecule has 0 aliphatic carbocycles. The minimum atomic E-state index is -0.373. The molecular weight excluding hydrogens is 304 g/mol. The van der Waals surface area contributed by atoms with Crippen molar-refractivity contribution in [2.75, 3.05) is 25.5 Å². The van der Waals surface area contributed by atoms with Crippen LogP contribution < -0.4 is 10.2 Å². The fourth-order valence-corrected chi connectivity index (χ4v) is 2.66. The Morgan fingerprint density at radius 3 is 2.42 bits per heavy atom. The average Bonchev–Trinajstić information content (AvgIpc) is 3.12. The summed E-state index contributed by atoms with van der Waals surface area (Å²) in [6.07, 6.45) is 3.63. The van der Waals surface area contributed by atoms with Gasteiger partial charge in [-0.3, -0.25) is 9.69 Å². The third-order valence-corrected chi connectivity index (χ3v) is 4.00. The molecule has 0 unspecified atom stereocenters. The monoisotopic (exact) mass is 324 g/mol. The molecule has 24 heavy (non-hydrogen) atoms. The smallest absolute Gasteiger partial charge is 0.328 e. The van der Waals surface area contributed by atoms with Crippen LogP contribution in [-0.2, 0) is 4.79 Å². The number of carbonyl (C=O) groups is 2. The first-order chi connectivity index (χ1) is 11.5. The maximum atomic E-state index is 12.2. The van der Waals surface area contributed by atoms with E-state index in [9.17, 15) is 9.59 Å². The molecule has 0 spiro atoms. The maximum Gasteiger partial charge on any atom is 0.328 e. The largest absolute Gasteiger partial charge is 0.378 e. The van der Waals surface area contributed by atoms with Crippen LogP contribution in [0, 0.1) is 0 Å². The second-order valence-electron chi connectivity index (χ2n) is 5.75. The molecule has 6 nitrogen and oxygen atoms in total. The van der Waals surface area contributed by atoms with E-state index >= 15 is 0 Å². The lowest BCUT2D eigenvalue weighted by Crippen LogP contribution is -2.30. The van der Waals surface area contributed by atoms with E-state index in [0.717, 1.165) is 17.1 Å². The fraction of sp³-hybridized carbons (Fsp3) is 0.222. The number of aromatic nitrogens is 1. The van der Waals surface area contributed by atoms with E-state index in [2.05, 4.69) is 5.32 Å². The number of anilines is 1. The van der Waals surface area contributed by atoms with Gasteiger partial charge in [-0.2, -0.15) is 0 Å². The Balaban J connectivity index is 1.93. The Labute approximate surface area is 141 Å². The number of nitrogens with zero attached hydrogens (tertiary/aromatic N) is 3. The lowest BCUT2D eigenvalue weighted by atomic mass is 10.2. The van der Waals surface area contributed by atoms with Gasteiger partial charge in [-0.05, 0) is 49.4 Å². The molecule has 0 saturated carbocycles. The third-order valence-electron chi connectivity index (χ3n) is 4.00. The van der Waals surface area contributed by atoms with Gasteiger partial charge in [0.05, 0.1) is 0 Å². The summed E-state index contributed by atoms with van der Waals surface area (Å²) in [5.74, 6) is -0.293. The summed E-state index contributed by atoms with van der Waals surface area (Å²) >= 11 is 0. The average molecular weight is 324 g/mol. The summed E-state index contributed by atoms with van der Waals surface area (Å²) in [5, 5.41) is 2.62. The highest BCUT2D eigenvalue weighted by Gasteiger charge is 2.32. The van der Waals surface area contributed by atoms with E-state index in [1.807, 2.05) is 66.2 Å². The van der Waals surface area contributed by atoms with Crippen LogP contribution in [0.3, 0.4) is 0 Å². The molecule has 124 valence electrons. The Morgan fingerprint density at radius 1 is 1.12 bits per heavy atom. The molecule has 1 aliphatic rings. The quantitative estimate of drug-likeness (QED) is 0.694. The van der Waals surface area contributed by atoms with Gasteiger partial charge in [0.15, 0.2) is 0 Å². The molecule has 6 heteroatoms. The van der Waals surface area contributed by atoms with Crippen LogP contribution in [0.5, 0.6) is 0 Å². The highest BCUT2D eigenvalue weighted by molar-refractivity contribution is 6.13. The van der Waals surface area contributed by atoms with Gasteiger partial charge in [0, 0.05) is 43.9 Å². The van der Waals surface area contributed by atoms with Crippen molar-refractivity contribution in [1.82, 2.24) is 14.8 Å². The Hall–Kier alpha value is -3.02. The minimum Gasteiger partial charge on any atom is -0.378 e. The lowest BCUT2D eigenvalue weighted by Gasteiger charge is -2.13. The van der Waals surface area contributed by atoms with Crippen molar-refractivity contribution in [1.29, 1.82) is 0 Å². The van der Waals surface area contributed by atoms with Crippen LogP contribution in [0.25, 0.3) is 11.8 Å². The molecule has 1 saturated heterocycles. The topological polar surface area (TPSA) is 57.6 Å². The Morgan fingerprint density at radius 2 is 1.83 bits per heavy atom. The summed E-state index contributed by atoms with van der Waals surface area (Å²) < 4.78 is 1.97. The molecule has 1 aromatic heterocycles. The minimum absolute atomic E-state index is 0.293. The van der Waals surface area contributed by atoms with E-state index in [4.69, 9.17) is 0 Å². The zero-order chi connectivity index (χ0) is 17.3. The van der Waals surface area contributed by atoms with Crippen LogP contribution in [-0.4, -0.2) is 42.0 Å². The SMILES string of the molecule is CCN1C(=O)N/C(=C/c2cccn2-c2ccc(N(C)C)cc2)C1=O. The number of urea groups is 1. The molecule has 2 aromatic rings. The molecule has 0 bridgehead atoms. The first kappa shape index (κ1) is 15.9. The number of carbonyl (C=O) groups excluding carboxylic acids is 2. The summed E-state index contributed by atoms with van der Waals surface area (Å²) in [5.41, 5.74) is 3.23. The highest BCUT2D eigenvalue weighted by atomic mass is 16.2. The van der Waals surface area contributed by atoms with Gasteiger partial charge in [0.1, 0.15) is 5.70 Å². The van der Waals surface area contributed by atoms with E-state index in [-0.39, 0.29) is 11.9 Å². The molecule has 0 atom stereocenters. The second kappa shape index (κ2) is 6.23. The summed E-state index contributed by atoms with van der Waals surface area (Å²) in [6, 6.07) is 11.5. The molecule has 2 heterocycles. The van der Waals surface area contributed by atoms with Gasteiger partial charge >= 0.3 is 6.03 Å². The molecule has 3 rings (SSSR count). The number of hydrogen-bond donors (Lipinski definition) is 1. The number of benzene rings is 1. The molecule has 1 aliphatic heterocycles. The van der Waals surface area contributed by atoms with Crippen LogP contribution >= 0.6 is 0 Å². The third kappa shape index (κ3) is 2.78. The number of nitrogens with one attached hydrogen (secondary N) is 1. The molecular formula is C18H20N4O2. The normalized spacial score (nSPS) is 16.0. The zero-order valence-corrected chi connectivity index (χ0v) is 14.0. The van der Waals surface area contributed by atoms with Gasteiger partial charge < -0.3 is 14.8 Å². The van der Waals surface area contributed by atoms with E-state index < -0.39 is 0 Å². The zero-order valence-electron chi connectivity index (χ0n) is 14.0. The predicted octanol–water partition coefficient (Wildman–Crippen LogP) is 2.46. The molecule has 3 amide bonds. The lowest BCUT2D eigenvalue weighted by molar-refractivity contribution is -0.122. The second-order valence-corrected chi connectivity index (χ2v) is 5.75. The first-order valence-electron chi connectivity index (χ1n) is 7.81. The van der Waals surface area contributed by atoms with E-state index in [1.54, 1.807) is 13.0 Å². The Bertz CT molecular complexity index is 803. The van der Waals surface area contributed by atoms with E-state index in [1.165, 1.54) is 4.90 Å². The molecule has 1 fully saturated rings. The van der Waals surface area contributed by atoms with Crippen molar-refractivity contribution < 1.29 is 9.59 Å². The van der Waals surface area contributed by atoms with Crippen molar-refractivity contribution in [3.63, 3.8) is 0 Å². The summed E-state index contributed by atoms with van der Waals surface area (Å²) in [6.45, 7) is 2.13. The summed E-state index contributed by atoms with van der Waals surface area (Å²) in [7, 11) is 3.99. The van der Waals surface area contributed by atoms with Crippen LogP contribution in [0.1, 0.15) is 12.6 Å². The number of rotatable bonds is 4. The maximum absolute atomic E-state index is 12.2. The first-order valence-corrected chi connectivity index (χ1v) is 7.81. The van der Waals surface area contributed by atoms with Gasteiger partial charge in [-0.25, -0.2) is 4.79 Å². The number of imide groups is 1. The summed E-state index contributed by atoms with van der Waals surface area (Å²) in [4.78, 5) is 27.2. The molecule has 1 N–H and O–H groups in total. The van der Waals surface area contributed by atoms with Gasteiger partial charge in [-0.1, -0.05) is 0 Å². The standard InChI is InChI=1S/C18H20N4O2/c1-4-21-17(23)16(19-18(21)24)12-15-6-5-11-22(15)14-9-7-13(8-10-14)20(2)3/h5-12H,4H2,1-3H3,(H,19,24)/b16-12+. The van der Waals surface area contributed by atoms with Gasteiger partial charge in [0.2, 0.25) is 0 Å². The van der Waals surface area contributed by atoms with Crippen molar-refractivity contribution in [3.8, 4) is 5.69 Å². The van der Waals surface area contributed by atoms with Crippen LogP contribution in [0.2, 0.25) is 0 Å². The molecule has 0 radical (unpaired) electrons.